The first-order chi connectivity index (χ1) is 14.8. The molecule has 3 rings (SSSR count). The van der Waals surface area contributed by atoms with E-state index in [0.717, 1.165) is 61.9 Å². The van der Waals surface area contributed by atoms with Crippen molar-refractivity contribution in [3.05, 3.63) is 54.0 Å². The van der Waals surface area contributed by atoms with Crippen LogP contribution < -0.4 is 15.4 Å². The molecule has 2 heterocycles. The predicted octanol–water partition coefficient (Wildman–Crippen LogP) is 3.83. The van der Waals surface area contributed by atoms with Crippen LogP contribution in [0, 0.1) is 0 Å². The standard InChI is InChI=1S/C24H36N4O2/c1-3-4-15-28-16-12-21(13-17-28)27-24(25-14-11-23-6-5-18-30-23)26-19-20-7-9-22(29-2)10-8-20/h5-10,18,21H,3-4,11-17,19H2,1-2H3,(H2,25,26,27). The van der Waals surface area contributed by atoms with Gasteiger partial charge in [-0.25, -0.2) is 4.99 Å². The van der Waals surface area contributed by atoms with Gasteiger partial charge in [-0.05, 0) is 55.6 Å². The maximum Gasteiger partial charge on any atom is 0.191 e. The highest BCUT2D eigenvalue weighted by molar-refractivity contribution is 5.80. The average Bonchev–Trinajstić information content (AvgIpc) is 3.31. The maximum absolute atomic E-state index is 5.44. The Morgan fingerprint density at radius 1 is 1.20 bits per heavy atom. The highest BCUT2D eigenvalue weighted by Gasteiger charge is 2.19. The molecule has 1 aromatic heterocycles. The number of benzene rings is 1. The van der Waals surface area contributed by atoms with Gasteiger partial charge in [0.1, 0.15) is 11.5 Å². The molecule has 1 aromatic carbocycles. The summed E-state index contributed by atoms with van der Waals surface area (Å²) in [4.78, 5) is 7.42. The third kappa shape index (κ3) is 7.41. The minimum Gasteiger partial charge on any atom is -0.497 e. The second kappa shape index (κ2) is 12.3. The summed E-state index contributed by atoms with van der Waals surface area (Å²) in [6.45, 7) is 7.23. The molecular formula is C24H36N4O2. The zero-order valence-corrected chi connectivity index (χ0v) is 18.4. The topological polar surface area (TPSA) is 62.0 Å². The smallest absolute Gasteiger partial charge is 0.191 e. The van der Waals surface area contributed by atoms with Gasteiger partial charge in [0.05, 0.1) is 19.9 Å². The van der Waals surface area contributed by atoms with Crippen LogP contribution in [-0.4, -0.2) is 50.2 Å². The van der Waals surface area contributed by atoms with Gasteiger partial charge < -0.3 is 24.7 Å². The van der Waals surface area contributed by atoms with E-state index in [0.29, 0.717) is 12.6 Å². The minimum absolute atomic E-state index is 0.466. The third-order valence-corrected chi connectivity index (χ3v) is 5.58. The Hall–Kier alpha value is -2.47. The zero-order chi connectivity index (χ0) is 21.0. The molecule has 1 aliphatic rings. The van der Waals surface area contributed by atoms with Gasteiger partial charge in [-0.3, -0.25) is 0 Å². The number of unbranched alkanes of at least 4 members (excludes halogenated alkanes) is 1. The lowest BCUT2D eigenvalue weighted by Crippen LogP contribution is -2.49. The third-order valence-electron chi connectivity index (χ3n) is 5.58. The van der Waals surface area contributed by atoms with E-state index in [9.17, 15) is 0 Å². The SMILES string of the molecule is CCCCN1CCC(NC(=NCc2ccc(OC)cc2)NCCc2ccco2)CC1. The Bertz CT molecular complexity index is 735. The lowest BCUT2D eigenvalue weighted by Gasteiger charge is -2.33. The van der Waals surface area contributed by atoms with Crippen LogP contribution in [0.1, 0.15) is 43.9 Å². The molecule has 0 bridgehead atoms. The van der Waals surface area contributed by atoms with Crippen molar-refractivity contribution in [3.63, 3.8) is 0 Å². The highest BCUT2D eigenvalue weighted by atomic mass is 16.5. The van der Waals surface area contributed by atoms with Crippen LogP contribution in [0.4, 0.5) is 0 Å². The number of likely N-dealkylation sites (tertiary alicyclic amines) is 1. The molecular weight excluding hydrogens is 376 g/mol. The number of guanidine groups is 1. The van der Waals surface area contributed by atoms with Crippen molar-refractivity contribution in [2.45, 2.75) is 51.6 Å². The number of nitrogens with one attached hydrogen (secondary N) is 2. The fraction of sp³-hybridized carbons (Fsp3) is 0.542. The van der Waals surface area contributed by atoms with E-state index in [1.165, 1.54) is 19.4 Å². The molecule has 164 valence electrons. The fourth-order valence-corrected chi connectivity index (χ4v) is 3.69. The summed E-state index contributed by atoms with van der Waals surface area (Å²) in [5.41, 5.74) is 1.16. The average molecular weight is 413 g/mol. The van der Waals surface area contributed by atoms with E-state index < -0.39 is 0 Å². The molecule has 2 N–H and O–H groups in total. The van der Waals surface area contributed by atoms with E-state index >= 15 is 0 Å². The number of piperidine rings is 1. The molecule has 0 saturated carbocycles. The van der Waals surface area contributed by atoms with Crippen molar-refractivity contribution < 1.29 is 9.15 Å². The molecule has 1 saturated heterocycles. The molecule has 0 atom stereocenters. The number of aliphatic imine (C=N–C) groups is 1. The van der Waals surface area contributed by atoms with Crippen LogP contribution in [-0.2, 0) is 13.0 Å². The van der Waals surface area contributed by atoms with Crippen molar-refractivity contribution in [1.29, 1.82) is 0 Å². The van der Waals surface area contributed by atoms with Crippen molar-refractivity contribution >= 4 is 5.96 Å². The summed E-state index contributed by atoms with van der Waals surface area (Å²) in [6, 6.07) is 12.5. The highest BCUT2D eigenvalue weighted by Crippen LogP contribution is 2.13. The molecule has 6 heteroatoms. The van der Waals surface area contributed by atoms with Crippen molar-refractivity contribution in [2.75, 3.05) is 33.3 Å². The molecule has 1 fully saturated rings. The van der Waals surface area contributed by atoms with Gasteiger partial charge in [-0.2, -0.15) is 0 Å². The van der Waals surface area contributed by atoms with Gasteiger partial charge in [0.15, 0.2) is 5.96 Å². The molecule has 0 radical (unpaired) electrons. The number of methoxy groups -OCH3 is 1. The van der Waals surface area contributed by atoms with Gasteiger partial charge in [0, 0.05) is 32.1 Å². The number of rotatable bonds is 10. The van der Waals surface area contributed by atoms with E-state index in [4.69, 9.17) is 14.1 Å². The number of hydrogen-bond acceptors (Lipinski definition) is 4. The summed E-state index contributed by atoms with van der Waals surface area (Å²) in [5, 5.41) is 7.15. The molecule has 0 aliphatic carbocycles. The van der Waals surface area contributed by atoms with Gasteiger partial charge in [-0.15, -0.1) is 0 Å². The molecule has 1 aliphatic heterocycles. The van der Waals surface area contributed by atoms with Crippen molar-refractivity contribution in [1.82, 2.24) is 15.5 Å². The molecule has 0 spiro atoms. The van der Waals surface area contributed by atoms with E-state index in [2.05, 4.69) is 34.6 Å². The van der Waals surface area contributed by atoms with Crippen molar-refractivity contribution in [2.24, 2.45) is 4.99 Å². The lowest BCUT2D eigenvalue weighted by atomic mass is 10.0. The van der Waals surface area contributed by atoms with Crippen LogP contribution in [0.2, 0.25) is 0 Å². The first-order valence-corrected chi connectivity index (χ1v) is 11.2. The normalized spacial score (nSPS) is 15.9. The predicted molar refractivity (Wildman–Crippen MR) is 122 cm³/mol. The van der Waals surface area contributed by atoms with Crippen LogP contribution in [0.25, 0.3) is 0 Å². The van der Waals surface area contributed by atoms with Gasteiger partial charge in [0.25, 0.3) is 0 Å². The first-order valence-electron chi connectivity index (χ1n) is 11.2. The number of hydrogen-bond donors (Lipinski definition) is 2. The molecule has 6 nitrogen and oxygen atoms in total. The maximum atomic E-state index is 5.44. The Labute approximate surface area is 180 Å². The van der Waals surface area contributed by atoms with E-state index in [-0.39, 0.29) is 0 Å². The molecule has 2 aromatic rings. The van der Waals surface area contributed by atoms with Gasteiger partial charge >= 0.3 is 0 Å². The number of nitrogens with zero attached hydrogens (tertiary/aromatic N) is 2. The van der Waals surface area contributed by atoms with Crippen LogP contribution in [0.15, 0.2) is 52.1 Å². The van der Waals surface area contributed by atoms with E-state index in [1.54, 1.807) is 13.4 Å². The summed E-state index contributed by atoms with van der Waals surface area (Å²) in [6.07, 6.45) is 7.43. The Kier molecular flexibility index (Phi) is 9.09. The van der Waals surface area contributed by atoms with Crippen LogP contribution in [0.5, 0.6) is 5.75 Å². The lowest BCUT2D eigenvalue weighted by molar-refractivity contribution is 0.203. The van der Waals surface area contributed by atoms with Crippen LogP contribution >= 0.6 is 0 Å². The second-order valence-corrected chi connectivity index (χ2v) is 7.88. The zero-order valence-electron chi connectivity index (χ0n) is 18.4. The molecule has 0 unspecified atom stereocenters. The largest absolute Gasteiger partial charge is 0.497 e. The van der Waals surface area contributed by atoms with Crippen molar-refractivity contribution in [3.8, 4) is 5.75 Å². The monoisotopic (exact) mass is 412 g/mol. The van der Waals surface area contributed by atoms with Gasteiger partial charge in [0.2, 0.25) is 0 Å². The Morgan fingerprint density at radius 3 is 2.67 bits per heavy atom. The molecule has 0 amide bonds. The summed E-state index contributed by atoms with van der Waals surface area (Å²) in [7, 11) is 1.69. The minimum atomic E-state index is 0.466. The number of ether oxygens (including phenoxy) is 1. The fourth-order valence-electron chi connectivity index (χ4n) is 3.69. The Balaban J connectivity index is 1.54. The summed E-state index contributed by atoms with van der Waals surface area (Å²) >= 11 is 0. The first kappa shape index (κ1) is 22.2. The Morgan fingerprint density at radius 2 is 2.00 bits per heavy atom. The second-order valence-electron chi connectivity index (χ2n) is 7.88. The summed E-state index contributed by atoms with van der Waals surface area (Å²) in [5.74, 6) is 2.73. The summed E-state index contributed by atoms with van der Waals surface area (Å²) < 4.78 is 10.7. The van der Waals surface area contributed by atoms with Crippen LogP contribution in [0.3, 0.4) is 0 Å². The molecule has 30 heavy (non-hydrogen) atoms. The quantitative estimate of drug-likeness (QED) is 0.459. The van der Waals surface area contributed by atoms with E-state index in [1.807, 2.05) is 24.3 Å². The van der Waals surface area contributed by atoms with Gasteiger partial charge in [-0.1, -0.05) is 25.5 Å². The number of furan rings is 1.